The number of H-pyrrole nitrogens is 1. The first-order valence-electron chi connectivity index (χ1n) is 6.86. The van der Waals surface area contributed by atoms with Crippen molar-refractivity contribution in [3.63, 3.8) is 0 Å². The fourth-order valence-corrected chi connectivity index (χ4v) is 3.31. The lowest BCUT2D eigenvalue weighted by atomic mass is 9.91. The molecule has 2 aliphatic rings. The van der Waals surface area contributed by atoms with Gasteiger partial charge < -0.3 is 10.1 Å². The minimum absolute atomic E-state index is 0.151. The average molecular weight is 319 g/mol. The number of carbonyl (C=O) groups is 2. The van der Waals surface area contributed by atoms with E-state index in [1.165, 1.54) is 0 Å². The van der Waals surface area contributed by atoms with Crippen LogP contribution >= 0.6 is 11.6 Å². The summed E-state index contributed by atoms with van der Waals surface area (Å²) in [5, 5.41) is 9.28. The zero-order valence-electron chi connectivity index (χ0n) is 11.4. The number of aromatic amines is 1. The van der Waals surface area contributed by atoms with Crippen molar-refractivity contribution >= 4 is 23.6 Å². The molecule has 2 aromatic heterocycles. The third kappa shape index (κ3) is 1.75. The van der Waals surface area contributed by atoms with Crippen LogP contribution in [0.4, 0.5) is 4.79 Å². The molecule has 1 aliphatic carbocycles. The average Bonchev–Trinajstić information content (AvgIpc) is 2.87. The highest BCUT2D eigenvalue weighted by molar-refractivity contribution is 6.28. The summed E-state index contributed by atoms with van der Waals surface area (Å²) < 4.78 is 0. The number of fused-ring (bicyclic) bond motifs is 5. The highest BCUT2D eigenvalue weighted by atomic mass is 35.5. The number of carbonyl (C=O) groups excluding carboxylic acids is 1. The molecular formula is C14H11ClN4O3. The Morgan fingerprint density at radius 2 is 2.18 bits per heavy atom. The Bertz CT molecular complexity index is 830. The van der Waals surface area contributed by atoms with Crippen LogP contribution in [0, 0.1) is 0 Å². The number of nitrogens with zero attached hydrogens (tertiary/aromatic N) is 3. The van der Waals surface area contributed by atoms with Crippen molar-refractivity contribution in [1.29, 1.82) is 0 Å². The summed E-state index contributed by atoms with van der Waals surface area (Å²) in [6, 6.07) is 0. The number of aryl methyl sites for hydroxylation is 1. The predicted molar refractivity (Wildman–Crippen MR) is 77.0 cm³/mol. The van der Waals surface area contributed by atoms with E-state index in [1.54, 1.807) is 6.20 Å². The lowest BCUT2D eigenvalue weighted by Gasteiger charge is -2.23. The molecule has 0 radical (unpaired) electrons. The van der Waals surface area contributed by atoms with E-state index < -0.39 is 12.0 Å². The molecule has 1 aliphatic heterocycles. The first-order valence-corrected chi connectivity index (χ1v) is 7.24. The van der Waals surface area contributed by atoms with Crippen molar-refractivity contribution in [3.8, 4) is 11.4 Å². The summed E-state index contributed by atoms with van der Waals surface area (Å²) >= 11 is 5.87. The first kappa shape index (κ1) is 13.3. The van der Waals surface area contributed by atoms with Gasteiger partial charge in [0.25, 0.3) is 5.91 Å². The smallest absolute Gasteiger partial charge is 0.414 e. The molecule has 0 unspecified atom stereocenters. The van der Waals surface area contributed by atoms with Gasteiger partial charge in [-0.25, -0.2) is 19.7 Å². The van der Waals surface area contributed by atoms with Crippen LogP contribution in [0.15, 0.2) is 6.20 Å². The molecule has 0 spiro atoms. The predicted octanol–water partition coefficient (Wildman–Crippen LogP) is 1.90. The first-order chi connectivity index (χ1) is 10.6. The Kier molecular flexibility index (Phi) is 2.74. The fraction of sp³-hybridized carbons (Fsp3) is 0.286. The number of hydrogen-bond donors (Lipinski definition) is 2. The number of hydrogen-bond acceptors (Lipinski definition) is 4. The van der Waals surface area contributed by atoms with Crippen molar-refractivity contribution in [2.75, 3.05) is 6.54 Å². The van der Waals surface area contributed by atoms with E-state index in [0.717, 1.165) is 27.4 Å². The van der Waals surface area contributed by atoms with Crippen molar-refractivity contribution < 1.29 is 14.7 Å². The normalized spacial score (nSPS) is 16.0. The summed E-state index contributed by atoms with van der Waals surface area (Å²) in [7, 11) is 0. The second-order valence-electron chi connectivity index (χ2n) is 5.33. The van der Waals surface area contributed by atoms with E-state index >= 15 is 0 Å². The van der Waals surface area contributed by atoms with Crippen molar-refractivity contribution in [1.82, 2.24) is 19.9 Å². The topological polar surface area (TPSA) is 99.2 Å². The molecule has 0 saturated carbocycles. The number of amides is 2. The maximum Gasteiger partial charge on any atom is 0.414 e. The van der Waals surface area contributed by atoms with Gasteiger partial charge in [-0.05, 0) is 35.6 Å². The quantitative estimate of drug-likeness (QED) is 0.723. The SMILES string of the molecule is O=C(O)N1CCc2[nH]c3c(c2C1=O)CCc1cnc(Cl)nc1-3. The largest absolute Gasteiger partial charge is 0.465 e. The lowest BCUT2D eigenvalue weighted by Crippen LogP contribution is -2.41. The van der Waals surface area contributed by atoms with Gasteiger partial charge in [0.1, 0.15) is 0 Å². The van der Waals surface area contributed by atoms with Crippen molar-refractivity contribution in [2.24, 2.45) is 0 Å². The van der Waals surface area contributed by atoms with Gasteiger partial charge >= 0.3 is 6.09 Å². The highest BCUT2D eigenvalue weighted by Gasteiger charge is 2.36. The second-order valence-corrected chi connectivity index (χ2v) is 5.67. The summed E-state index contributed by atoms with van der Waals surface area (Å²) in [6.45, 7) is 0.165. The molecule has 2 aromatic rings. The molecule has 4 rings (SSSR count). The molecule has 7 nitrogen and oxygen atoms in total. The number of aromatic nitrogens is 3. The second kappa shape index (κ2) is 4.54. The minimum Gasteiger partial charge on any atom is -0.465 e. The van der Waals surface area contributed by atoms with Gasteiger partial charge in [-0.2, -0.15) is 0 Å². The van der Waals surface area contributed by atoms with Crippen molar-refractivity contribution in [3.05, 3.63) is 33.9 Å². The standard InChI is InChI=1S/C14H11ClN4O3/c15-13-16-5-6-1-2-7-9-8(17-11(7)10(6)18-13)3-4-19(12(9)20)14(21)22/h5,17H,1-4H2,(H,21,22). The number of carboxylic acid groups (broad SMARTS) is 1. The van der Waals surface area contributed by atoms with Crippen LogP contribution < -0.4 is 0 Å². The Labute approximate surface area is 129 Å². The monoisotopic (exact) mass is 318 g/mol. The zero-order valence-corrected chi connectivity index (χ0v) is 12.1. The van der Waals surface area contributed by atoms with Crippen LogP contribution in [0.5, 0.6) is 0 Å². The molecule has 0 fully saturated rings. The Morgan fingerprint density at radius 1 is 1.36 bits per heavy atom. The molecular weight excluding hydrogens is 308 g/mol. The zero-order chi connectivity index (χ0) is 15.4. The van der Waals surface area contributed by atoms with Crippen LogP contribution in [-0.4, -0.2) is 43.5 Å². The number of rotatable bonds is 0. The number of halogens is 1. The van der Waals surface area contributed by atoms with E-state index in [2.05, 4.69) is 15.0 Å². The van der Waals surface area contributed by atoms with E-state index in [4.69, 9.17) is 16.7 Å². The molecule has 3 heterocycles. The Morgan fingerprint density at radius 3 is 2.95 bits per heavy atom. The van der Waals surface area contributed by atoms with Gasteiger partial charge in [0.2, 0.25) is 5.28 Å². The van der Waals surface area contributed by atoms with Crippen LogP contribution in [-0.2, 0) is 19.3 Å². The summed E-state index contributed by atoms with van der Waals surface area (Å²) in [5.41, 5.74) is 4.51. The number of imide groups is 1. The van der Waals surface area contributed by atoms with Gasteiger partial charge in [-0.3, -0.25) is 4.79 Å². The molecule has 2 N–H and O–H groups in total. The molecule has 112 valence electrons. The Hall–Kier alpha value is -2.41. The van der Waals surface area contributed by atoms with Gasteiger partial charge in [-0.15, -0.1) is 0 Å². The summed E-state index contributed by atoms with van der Waals surface area (Å²) in [4.78, 5) is 35.9. The molecule has 0 aromatic carbocycles. The molecule has 0 saturated heterocycles. The van der Waals surface area contributed by atoms with E-state index in [9.17, 15) is 9.59 Å². The van der Waals surface area contributed by atoms with Crippen molar-refractivity contribution in [2.45, 2.75) is 19.3 Å². The molecule has 22 heavy (non-hydrogen) atoms. The van der Waals surface area contributed by atoms with Crippen LogP contribution in [0.3, 0.4) is 0 Å². The van der Waals surface area contributed by atoms with Crippen LogP contribution in [0.1, 0.15) is 27.2 Å². The lowest BCUT2D eigenvalue weighted by molar-refractivity contribution is 0.0725. The van der Waals surface area contributed by atoms with Gasteiger partial charge in [0, 0.05) is 24.9 Å². The maximum absolute atomic E-state index is 12.4. The summed E-state index contributed by atoms with van der Waals surface area (Å²) in [6.07, 6.45) is 2.31. The van der Waals surface area contributed by atoms with Gasteiger partial charge in [-0.1, -0.05) is 0 Å². The molecule has 2 amide bonds. The summed E-state index contributed by atoms with van der Waals surface area (Å²) in [5.74, 6) is -0.463. The van der Waals surface area contributed by atoms with E-state index in [0.29, 0.717) is 30.5 Å². The van der Waals surface area contributed by atoms with E-state index in [1.807, 2.05) is 0 Å². The van der Waals surface area contributed by atoms with E-state index in [-0.39, 0.29) is 11.8 Å². The molecule has 8 heteroatoms. The Balaban J connectivity index is 1.90. The molecule has 0 bridgehead atoms. The molecule has 0 atom stereocenters. The maximum atomic E-state index is 12.4. The van der Waals surface area contributed by atoms with Gasteiger partial charge in [0.15, 0.2) is 0 Å². The highest BCUT2D eigenvalue weighted by Crippen LogP contribution is 2.37. The fourth-order valence-electron chi connectivity index (χ4n) is 3.18. The third-order valence-corrected chi connectivity index (χ3v) is 4.35. The van der Waals surface area contributed by atoms with Gasteiger partial charge in [0.05, 0.1) is 17.0 Å². The van der Waals surface area contributed by atoms with Crippen LogP contribution in [0.2, 0.25) is 5.28 Å². The van der Waals surface area contributed by atoms with Crippen LogP contribution in [0.25, 0.3) is 11.4 Å². The minimum atomic E-state index is -1.22. The third-order valence-electron chi connectivity index (χ3n) is 4.17. The number of nitrogens with one attached hydrogen (secondary N) is 1.